The Kier molecular flexibility index (Phi) is 13.9. The Hall–Kier alpha value is 1.88. The van der Waals surface area contributed by atoms with Crippen molar-refractivity contribution in [1.29, 1.82) is 0 Å². The second-order valence-corrected chi connectivity index (χ2v) is 3.77. The van der Waals surface area contributed by atoms with Crippen molar-refractivity contribution < 1.29 is 52.8 Å². The molecule has 0 aromatic heterocycles. The average Bonchev–Trinajstić information content (AvgIpc) is 1.91. The summed E-state index contributed by atoms with van der Waals surface area (Å²) in [6.45, 7) is 8.45. The largest absolute Gasteiger partial charge is 1.00 e. The topological polar surface area (TPSA) is 3.24 Å². The third-order valence-corrected chi connectivity index (χ3v) is 2.70. The zero-order valence-electron chi connectivity index (χ0n) is 8.89. The molecule has 0 aromatic carbocycles. The van der Waals surface area contributed by atoms with Gasteiger partial charge in [-0.05, 0) is 19.6 Å². The van der Waals surface area contributed by atoms with Crippen molar-refractivity contribution in [3.05, 3.63) is 0 Å². The fourth-order valence-corrected chi connectivity index (χ4v) is 2.00. The quantitative estimate of drug-likeness (QED) is 0.463. The number of hydrogen-bond donors (Lipinski definition) is 0. The van der Waals surface area contributed by atoms with Gasteiger partial charge in [-0.1, -0.05) is 30.9 Å². The number of hydrogen-bond acceptors (Lipinski definition) is 2. The van der Waals surface area contributed by atoms with E-state index in [4.69, 9.17) is 12.2 Å². The van der Waals surface area contributed by atoms with E-state index >= 15 is 0 Å². The van der Waals surface area contributed by atoms with Gasteiger partial charge in [-0.15, -0.1) is 0 Å². The molecule has 0 amide bonds. The van der Waals surface area contributed by atoms with Gasteiger partial charge < -0.3 is 6.33 Å². The van der Waals surface area contributed by atoms with Crippen LogP contribution >= 0.6 is 24.0 Å². The van der Waals surface area contributed by atoms with Gasteiger partial charge in [-0.3, -0.25) is 0 Å². The van der Waals surface area contributed by atoms with Crippen LogP contribution in [0, 0.1) is 0 Å². The molecule has 1 nitrogen and oxygen atoms in total. The van der Waals surface area contributed by atoms with Crippen molar-refractivity contribution in [3.8, 4) is 0 Å². The Balaban J connectivity index is -0.000000405. The summed E-state index contributed by atoms with van der Waals surface area (Å²) in [7, 11) is 0. The Bertz CT molecular complexity index is 110. The van der Waals surface area contributed by atoms with Gasteiger partial charge in [-0.2, -0.15) is 0 Å². The van der Waals surface area contributed by atoms with Crippen LogP contribution in [0.3, 0.4) is 0 Å². The maximum absolute atomic E-state index is 5.16. The van der Waals surface area contributed by atoms with Gasteiger partial charge in [-0.25, -0.2) is 0 Å². The van der Waals surface area contributed by atoms with E-state index in [-0.39, 0.29) is 52.8 Å². The van der Waals surface area contributed by atoms with Gasteiger partial charge >= 0.3 is 51.4 Å². The second kappa shape index (κ2) is 9.96. The minimum Gasteiger partial charge on any atom is -1.00 e. The van der Waals surface area contributed by atoms with Crippen molar-refractivity contribution in [2.24, 2.45) is 0 Å². The average molecular weight is 217 g/mol. The molecule has 0 saturated heterocycles. The van der Waals surface area contributed by atoms with E-state index in [1.807, 2.05) is 0 Å². The van der Waals surface area contributed by atoms with Crippen molar-refractivity contribution >= 4 is 28.3 Å². The number of thiocarbonyl (C=S) groups is 1. The van der Waals surface area contributed by atoms with E-state index in [9.17, 15) is 0 Å². The van der Waals surface area contributed by atoms with E-state index in [1.54, 1.807) is 11.8 Å². The molecule has 0 fully saturated rings. The summed E-state index contributed by atoms with van der Waals surface area (Å²) in [6, 6.07) is 0. The maximum Gasteiger partial charge on any atom is 1.00 e. The Morgan fingerprint density at radius 2 is 1.82 bits per heavy atom. The second-order valence-electron chi connectivity index (χ2n) is 1.87. The van der Waals surface area contributed by atoms with Crippen LogP contribution in [0.25, 0.3) is 0 Å². The molecule has 0 radical (unpaired) electrons. The predicted octanol–water partition coefficient (Wildman–Crippen LogP) is -0.517. The molecule has 11 heavy (non-hydrogen) atoms. The molecule has 0 heterocycles. The first-order chi connectivity index (χ1) is 4.76. The van der Waals surface area contributed by atoms with Crippen LogP contribution in [0.1, 0.15) is 22.2 Å². The molecule has 0 aliphatic carbocycles. The Morgan fingerprint density at radius 3 is 2.09 bits per heavy atom. The molecule has 0 unspecified atom stereocenters. The molecule has 4 heteroatoms. The van der Waals surface area contributed by atoms with Gasteiger partial charge in [0.1, 0.15) is 4.32 Å². The van der Waals surface area contributed by atoms with Crippen LogP contribution in [0.5, 0.6) is 0 Å². The van der Waals surface area contributed by atoms with E-state index in [1.165, 1.54) is 0 Å². The molecule has 0 aliphatic rings. The van der Waals surface area contributed by atoms with Crippen molar-refractivity contribution in [3.63, 3.8) is 0 Å². The molecule has 0 bridgehead atoms. The van der Waals surface area contributed by atoms with Crippen LogP contribution < -0.4 is 51.4 Å². The van der Waals surface area contributed by atoms with Crippen molar-refractivity contribution in [2.75, 3.05) is 18.8 Å². The van der Waals surface area contributed by atoms with E-state index < -0.39 is 0 Å². The first-order valence-electron chi connectivity index (χ1n) is 3.67. The summed E-state index contributed by atoms with van der Waals surface area (Å²) in [5.41, 5.74) is 0. The SMILES string of the molecule is CCSC(=S)N(CC)CC.[H-].[K+]. The molecule has 0 aliphatic heterocycles. The van der Waals surface area contributed by atoms with Crippen LogP contribution in [0.15, 0.2) is 0 Å². The third-order valence-electron chi connectivity index (χ3n) is 1.29. The molecular weight excluding hydrogens is 201 g/mol. The molecule has 0 saturated carbocycles. The monoisotopic (exact) mass is 217 g/mol. The van der Waals surface area contributed by atoms with E-state index in [2.05, 4.69) is 25.7 Å². The predicted molar refractivity (Wildman–Crippen MR) is 54.8 cm³/mol. The van der Waals surface area contributed by atoms with E-state index in [0.717, 1.165) is 23.2 Å². The van der Waals surface area contributed by atoms with Crippen LogP contribution in [-0.2, 0) is 0 Å². The molecule has 0 rings (SSSR count). The van der Waals surface area contributed by atoms with Gasteiger partial charge in [0.25, 0.3) is 0 Å². The normalized spacial score (nSPS) is 8.64. The molecule has 0 aromatic rings. The number of nitrogens with zero attached hydrogens (tertiary/aromatic N) is 1. The number of thioether (sulfide) groups is 1. The van der Waals surface area contributed by atoms with Gasteiger partial charge in [0.15, 0.2) is 0 Å². The van der Waals surface area contributed by atoms with Crippen LogP contribution in [-0.4, -0.2) is 28.1 Å². The fraction of sp³-hybridized carbons (Fsp3) is 0.857. The zero-order chi connectivity index (χ0) is 7.98. The summed E-state index contributed by atoms with van der Waals surface area (Å²) in [5.74, 6) is 1.08. The first kappa shape index (κ1) is 15.4. The summed E-state index contributed by atoms with van der Waals surface area (Å²) in [4.78, 5) is 2.20. The molecule has 0 spiro atoms. The molecular formula is C7H16KNS2. The van der Waals surface area contributed by atoms with Crippen molar-refractivity contribution in [1.82, 2.24) is 4.90 Å². The summed E-state index contributed by atoms with van der Waals surface area (Å²) >= 11 is 6.91. The van der Waals surface area contributed by atoms with Gasteiger partial charge in [0.2, 0.25) is 0 Å². The van der Waals surface area contributed by atoms with Gasteiger partial charge in [0, 0.05) is 13.1 Å². The summed E-state index contributed by atoms with van der Waals surface area (Å²) in [5, 5.41) is 0. The van der Waals surface area contributed by atoms with E-state index in [0.29, 0.717) is 0 Å². The molecule has 62 valence electrons. The summed E-state index contributed by atoms with van der Waals surface area (Å²) < 4.78 is 1.03. The van der Waals surface area contributed by atoms with Crippen molar-refractivity contribution in [2.45, 2.75) is 20.8 Å². The summed E-state index contributed by atoms with van der Waals surface area (Å²) in [6.07, 6.45) is 0. The smallest absolute Gasteiger partial charge is 1.00 e. The number of rotatable bonds is 3. The maximum atomic E-state index is 5.16. The molecule has 0 atom stereocenters. The standard InChI is InChI=1S/C7H15NS2.K.H/c1-4-8(5-2)7(9)10-6-3;;/h4-6H2,1-3H3;;/q;+1;-1. The minimum atomic E-state index is 0. The Morgan fingerprint density at radius 1 is 1.36 bits per heavy atom. The van der Waals surface area contributed by atoms with Crippen LogP contribution in [0.4, 0.5) is 0 Å². The van der Waals surface area contributed by atoms with Gasteiger partial charge in [0.05, 0.1) is 0 Å². The fourth-order valence-electron chi connectivity index (χ4n) is 0.697. The third kappa shape index (κ3) is 6.99. The zero-order valence-corrected chi connectivity index (χ0v) is 12.6. The Labute approximate surface area is 124 Å². The first-order valence-corrected chi connectivity index (χ1v) is 5.07. The molecule has 0 N–H and O–H groups in total. The van der Waals surface area contributed by atoms with Crippen LogP contribution in [0.2, 0.25) is 0 Å². The minimum absolute atomic E-state index is 0.